The van der Waals surface area contributed by atoms with E-state index in [1.165, 1.54) is 6.20 Å². The number of fused-ring (bicyclic) bond motifs is 1. The molecular formula is C14H13FN4O5S. The van der Waals surface area contributed by atoms with E-state index in [-0.39, 0.29) is 16.9 Å². The van der Waals surface area contributed by atoms with Crippen LogP contribution in [0.3, 0.4) is 0 Å². The smallest absolute Gasteiger partial charge is 0.326 e. The van der Waals surface area contributed by atoms with Crippen LogP contribution in [-0.2, 0) is 15.0 Å². The van der Waals surface area contributed by atoms with Gasteiger partial charge in [0.25, 0.3) is 5.91 Å². The molecule has 25 heavy (non-hydrogen) atoms. The first-order valence-corrected chi connectivity index (χ1v) is 8.93. The lowest BCUT2D eigenvalue weighted by Crippen LogP contribution is -2.30. The summed E-state index contributed by atoms with van der Waals surface area (Å²) in [5.74, 6) is -2.09. The van der Waals surface area contributed by atoms with Crippen LogP contribution in [0.5, 0.6) is 11.8 Å². The standard InChI is InChI=1S/C14H13FN4O5S/c15-11-12-8(4-16-14(17-12)24-6-7-1-2-7)3-9(20)13(11)19-5-10(21)18-25(19,22)23/h3-4,7,20H,1-2,5-6H2,(H,18,21). The molecule has 1 aromatic carbocycles. The van der Waals surface area contributed by atoms with E-state index >= 15 is 0 Å². The van der Waals surface area contributed by atoms with Crippen LogP contribution < -0.4 is 13.8 Å². The van der Waals surface area contributed by atoms with Gasteiger partial charge >= 0.3 is 16.2 Å². The predicted octanol–water partition coefficient (Wildman–Crippen LogP) is 0.444. The molecule has 2 heterocycles. The summed E-state index contributed by atoms with van der Waals surface area (Å²) in [6.07, 6.45) is 3.40. The van der Waals surface area contributed by atoms with Gasteiger partial charge in [-0.2, -0.15) is 13.4 Å². The minimum absolute atomic E-state index is 0.0339. The number of phenols is 1. The third-order valence-corrected chi connectivity index (χ3v) is 5.34. The van der Waals surface area contributed by atoms with E-state index in [9.17, 15) is 22.7 Å². The highest BCUT2D eigenvalue weighted by Crippen LogP contribution is 2.38. The lowest BCUT2D eigenvalue weighted by atomic mass is 10.2. The second kappa shape index (κ2) is 5.41. The molecule has 1 saturated heterocycles. The SMILES string of the molecule is O=C1CN(c2c(O)cc3cnc(OCC4CC4)nc3c2F)S(=O)(=O)N1. The topological polar surface area (TPSA) is 122 Å². The Morgan fingerprint density at radius 2 is 2.20 bits per heavy atom. The molecule has 1 amide bonds. The van der Waals surface area contributed by atoms with Crippen LogP contribution in [0.1, 0.15) is 12.8 Å². The van der Waals surface area contributed by atoms with E-state index in [1.54, 1.807) is 4.72 Å². The number of benzene rings is 1. The van der Waals surface area contributed by atoms with Gasteiger partial charge < -0.3 is 9.84 Å². The van der Waals surface area contributed by atoms with Gasteiger partial charge in [0.2, 0.25) is 0 Å². The molecule has 0 radical (unpaired) electrons. The number of aromatic nitrogens is 2. The second-order valence-corrected chi connectivity index (χ2v) is 7.54. The Labute approximate surface area is 141 Å². The fourth-order valence-electron chi connectivity index (χ4n) is 2.53. The number of hydrogen-bond acceptors (Lipinski definition) is 7. The number of phenolic OH excluding ortho intramolecular Hbond substituents is 1. The third-order valence-electron chi connectivity index (χ3n) is 3.96. The molecule has 132 valence electrons. The number of aromatic hydroxyl groups is 1. The number of nitrogens with one attached hydrogen (secondary N) is 1. The van der Waals surface area contributed by atoms with Crippen molar-refractivity contribution in [3.63, 3.8) is 0 Å². The molecule has 1 aromatic heterocycles. The van der Waals surface area contributed by atoms with Gasteiger partial charge in [-0.3, -0.25) is 4.79 Å². The molecule has 9 nitrogen and oxygen atoms in total. The molecule has 0 spiro atoms. The van der Waals surface area contributed by atoms with E-state index in [4.69, 9.17) is 4.74 Å². The van der Waals surface area contributed by atoms with Crippen molar-refractivity contribution in [3.05, 3.63) is 18.1 Å². The van der Waals surface area contributed by atoms with Gasteiger partial charge in [-0.15, -0.1) is 0 Å². The van der Waals surface area contributed by atoms with Crippen LogP contribution in [0.4, 0.5) is 10.1 Å². The molecule has 2 aromatic rings. The molecule has 0 atom stereocenters. The fraction of sp³-hybridized carbons (Fsp3) is 0.357. The Balaban J connectivity index is 1.79. The first-order chi connectivity index (χ1) is 11.8. The summed E-state index contributed by atoms with van der Waals surface area (Å²) >= 11 is 0. The van der Waals surface area contributed by atoms with Crippen molar-refractivity contribution in [1.29, 1.82) is 0 Å². The van der Waals surface area contributed by atoms with Gasteiger partial charge in [-0.1, -0.05) is 0 Å². The first kappa shape index (κ1) is 15.8. The molecule has 0 unspecified atom stereocenters. The monoisotopic (exact) mass is 368 g/mol. The third kappa shape index (κ3) is 2.80. The molecular weight excluding hydrogens is 355 g/mol. The van der Waals surface area contributed by atoms with Gasteiger partial charge in [-0.25, -0.2) is 18.4 Å². The van der Waals surface area contributed by atoms with Crippen molar-refractivity contribution in [1.82, 2.24) is 14.7 Å². The Bertz CT molecular complexity index is 992. The quantitative estimate of drug-likeness (QED) is 0.803. The normalized spacial score (nSPS) is 19.2. The second-order valence-electron chi connectivity index (χ2n) is 5.94. The summed E-state index contributed by atoms with van der Waals surface area (Å²) in [6.45, 7) is -0.203. The minimum atomic E-state index is -4.27. The Morgan fingerprint density at radius 3 is 2.84 bits per heavy atom. The van der Waals surface area contributed by atoms with Crippen LogP contribution >= 0.6 is 0 Å². The highest BCUT2D eigenvalue weighted by molar-refractivity contribution is 7.92. The molecule has 4 rings (SSSR count). The van der Waals surface area contributed by atoms with Gasteiger partial charge in [-0.05, 0) is 24.8 Å². The minimum Gasteiger partial charge on any atom is -0.506 e. The zero-order chi connectivity index (χ0) is 17.8. The van der Waals surface area contributed by atoms with E-state index in [1.807, 2.05) is 0 Å². The van der Waals surface area contributed by atoms with Gasteiger partial charge in [0.15, 0.2) is 5.82 Å². The van der Waals surface area contributed by atoms with Crippen molar-refractivity contribution in [2.75, 3.05) is 17.5 Å². The predicted molar refractivity (Wildman–Crippen MR) is 83.8 cm³/mol. The summed E-state index contributed by atoms with van der Waals surface area (Å²) in [5, 5.41) is 10.2. The Morgan fingerprint density at radius 1 is 1.44 bits per heavy atom. The number of hydrogen-bond donors (Lipinski definition) is 2. The van der Waals surface area contributed by atoms with Crippen LogP contribution in [0.15, 0.2) is 12.3 Å². The van der Waals surface area contributed by atoms with Gasteiger partial charge in [0, 0.05) is 11.6 Å². The van der Waals surface area contributed by atoms with Crippen molar-refractivity contribution >= 4 is 32.7 Å². The number of nitrogens with zero attached hydrogens (tertiary/aromatic N) is 3. The molecule has 0 bridgehead atoms. The van der Waals surface area contributed by atoms with Crippen molar-refractivity contribution in [3.8, 4) is 11.8 Å². The fourth-order valence-corrected chi connectivity index (χ4v) is 3.69. The van der Waals surface area contributed by atoms with E-state index in [0.29, 0.717) is 16.8 Å². The average molecular weight is 368 g/mol. The summed E-state index contributed by atoms with van der Waals surface area (Å²) < 4.78 is 46.3. The van der Waals surface area contributed by atoms with Crippen LogP contribution in [0.2, 0.25) is 0 Å². The number of carbonyl (C=O) groups excluding carboxylic acids is 1. The lowest BCUT2D eigenvalue weighted by Gasteiger charge is -2.17. The molecule has 1 aliphatic carbocycles. The van der Waals surface area contributed by atoms with Crippen molar-refractivity contribution in [2.24, 2.45) is 5.92 Å². The zero-order valence-corrected chi connectivity index (χ0v) is 13.6. The van der Waals surface area contributed by atoms with Gasteiger partial charge in [0.1, 0.15) is 23.5 Å². The molecule has 2 N–H and O–H groups in total. The number of halogens is 1. The first-order valence-electron chi connectivity index (χ1n) is 7.49. The highest BCUT2D eigenvalue weighted by atomic mass is 32.2. The summed E-state index contributed by atoms with van der Waals surface area (Å²) in [5.41, 5.74) is -0.846. The number of rotatable bonds is 4. The van der Waals surface area contributed by atoms with E-state index in [0.717, 1.165) is 18.9 Å². The number of anilines is 1. The zero-order valence-electron chi connectivity index (χ0n) is 12.8. The molecule has 2 fully saturated rings. The molecule has 2 aliphatic rings. The average Bonchev–Trinajstić information content (AvgIpc) is 3.31. The number of ether oxygens (including phenoxy) is 1. The summed E-state index contributed by atoms with van der Waals surface area (Å²) in [4.78, 5) is 19.3. The number of amides is 1. The molecule has 1 saturated carbocycles. The summed E-state index contributed by atoms with van der Waals surface area (Å²) in [7, 11) is -4.27. The maximum absolute atomic E-state index is 14.9. The van der Waals surface area contributed by atoms with Crippen LogP contribution in [0.25, 0.3) is 10.9 Å². The summed E-state index contributed by atoms with van der Waals surface area (Å²) in [6, 6.07) is 1.10. The van der Waals surface area contributed by atoms with Crippen molar-refractivity contribution in [2.45, 2.75) is 12.8 Å². The molecule has 11 heteroatoms. The Kier molecular flexibility index (Phi) is 3.42. The highest BCUT2D eigenvalue weighted by Gasteiger charge is 2.38. The number of carbonyl (C=O) groups is 1. The van der Waals surface area contributed by atoms with Crippen LogP contribution in [-0.4, -0.2) is 42.6 Å². The maximum atomic E-state index is 14.9. The van der Waals surface area contributed by atoms with Crippen LogP contribution in [0, 0.1) is 11.7 Å². The lowest BCUT2D eigenvalue weighted by molar-refractivity contribution is -0.117. The largest absolute Gasteiger partial charge is 0.506 e. The maximum Gasteiger partial charge on any atom is 0.326 e. The van der Waals surface area contributed by atoms with E-state index < -0.39 is 39.9 Å². The Hall–Kier alpha value is -2.69. The van der Waals surface area contributed by atoms with Gasteiger partial charge in [0.05, 0.1) is 6.61 Å². The molecule has 1 aliphatic heterocycles. The van der Waals surface area contributed by atoms with Crippen molar-refractivity contribution < 1.29 is 27.4 Å². The van der Waals surface area contributed by atoms with E-state index in [2.05, 4.69) is 9.97 Å².